The van der Waals surface area contributed by atoms with Gasteiger partial charge < -0.3 is 0 Å². The van der Waals surface area contributed by atoms with Crippen molar-refractivity contribution >= 4 is 11.2 Å². The Morgan fingerprint density at radius 1 is 1.00 bits per heavy atom. The minimum atomic E-state index is 0.760. The Morgan fingerprint density at radius 2 is 1.62 bits per heavy atom. The van der Waals surface area contributed by atoms with E-state index < -0.39 is 0 Å². The van der Waals surface area contributed by atoms with Crippen LogP contribution >= 0.6 is 0 Å². The Bertz CT molecular complexity index is 555. The largest absolute Gasteiger partial charge is 0.298 e. The lowest BCUT2D eigenvalue weighted by Crippen LogP contribution is -2.38. The van der Waals surface area contributed by atoms with Crippen molar-refractivity contribution in [2.45, 2.75) is 34.1 Å². The monoisotopic (exact) mass is 217 g/mol. The number of hydrogen-bond acceptors (Lipinski definition) is 3. The van der Waals surface area contributed by atoms with Crippen LogP contribution in [0.5, 0.6) is 0 Å². The molecule has 0 fully saturated rings. The first kappa shape index (κ1) is 10.9. The summed E-state index contributed by atoms with van der Waals surface area (Å²) in [6.07, 6.45) is 0.938. The summed E-state index contributed by atoms with van der Waals surface area (Å²) >= 11 is 0. The third kappa shape index (κ3) is 1.54. The van der Waals surface area contributed by atoms with E-state index in [0.717, 1.165) is 34.8 Å². The smallest absolute Gasteiger partial charge is 0.241 e. The fourth-order valence-corrected chi connectivity index (χ4v) is 1.85. The van der Waals surface area contributed by atoms with Gasteiger partial charge in [-0.1, -0.05) is 6.92 Å². The van der Waals surface area contributed by atoms with Gasteiger partial charge in [-0.25, -0.2) is 14.5 Å². The van der Waals surface area contributed by atoms with Gasteiger partial charge in [0.2, 0.25) is 0 Å². The molecule has 4 heteroatoms. The van der Waals surface area contributed by atoms with E-state index in [9.17, 15) is 0 Å². The standard InChI is InChI=1S/C12H17N4/c1-6-10-11-12(15-9(4)16(10)5)14-8(3)7(2)13-11/h6H2,1-5H3/q+1. The first-order valence-electron chi connectivity index (χ1n) is 5.55. The number of nitrogens with zero attached hydrogens (tertiary/aromatic N) is 4. The zero-order valence-electron chi connectivity index (χ0n) is 10.5. The molecule has 16 heavy (non-hydrogen) atoms. The summed E-state index contributed by atoms with van der Waals surface area (Å²) in [6, 6.07) is 0. The summed E-state index contributed by atoms with van der Waals surface area (Å²) in [4.78, 5) is 13.6. The fourth-order valence-electron chi connectivity index (χ4n) is 1.85. The van der Waals surface area contributed by atoms with Gasteiger partial charge in [-0.05, 0) is 18.8 Å². The lowest BCUT2D eigenvalue weighted by atomic mass is 10.2. The van der Waals surface area contributed by atoms with Gasteiger partial charge in [0.15, 0.2) is 5.52 Å². The van der Waals surface area contributed by atoms with Crippen molar-refractivity contribution in [2.24, 2.45) is 7.05 Å². The topological polar surface area (TPSA) is 42.6 Å². The summed E-state index contributed by atoms with van der Waals surface area (Å²) in [6.45, 7) is 8.08. The van der Waals surface area contributed by atoms with E-state index in [1.807, 2.05) is 27.8 Å². The number of aryl methyl sites for hydroxylation is 4. The molecule has 0 radical (unpaired) electrons. The molecule has 0 bridgehead atoms. The minimum absolute atomic E-state index is 0.760. The number of hydrogen-bond donors (Lipinski definition) is 0. The lowest BCUT2D eigenvalue weighted by molar-refractivity contribution is -0.686. The van der Waals surface area contributed by atoms with Crippen LogP contribution in [-0.4, -0.2) is 15.0 Å². The Labute approximate surface area is 95.4 Å². The first-order valence-corrected chi connectivity index (χ1v) is 5.55. The van der Waals surface area contributed by atoms with Gasteiger partial charge in [0.25, 0.3) is 11.5 Å². The molecule has 0 amide bonds. The zero-order valence-corrected chi connectivity index (χ0v) is 10.5. The molecule has 0 N–H and O–H groups in total. The van der Waals surface area contributed by atoms with E-state index >= 15 is 0 Å². The van der Waals surface area contributed by atoms with Crippen LogP contribution < -0.4 is 4.57 Å². The molecular formula is C12H17N4+. The SMILES string of the molecule is CCc1c2nc(C)c(C)nc2nc(C)[n+]1C. The molecule has 0 aliphatic rings. The van der Waals surface area contributed by atoms with Gasteiger partial charge in [-0.15, -0.1) is 0 Å². The summed E-state index contributed by atoms with van der Waals surface area (Å²) < 4.78 is 2.09. The van der Waals surface area contributed by atoms with Crippen LogP contribution in [0.3, 0.4) is 0 Å². The average Bonchev–Trinajstić information content (AvgIpc) is 2.24. The van der Waals surface area contributed by atoms with E-state index in [1.165, 1.54) is 5.69 Å². The average molecular weight is 217 g/mol. The molecule has 2 rings (SSSR count). The summed E-state index contributed by atoms with van der Waals surface area (Å²) in [5.74, 6) is 0.974. The molecule has 2 aromatic rings. The van der Waals surface area contributed by atoms with Crippen LogP contribution in [0.2, 0.25) is 0 Å². The third-order valence-electron chi connectivity index (χ3n) is 3.05. The number of aromatic nitrogens is 4. The van der Waals surface area contributed by atoms with Gasteiger partial charge in [0, 0.05) is 13.3 Å². The highest BCUT2D eigenvalue weighted by atomic mass is 15.1. The van der Waals surface area contributed by atoms with Gasteiger partial charge in [0.05, 0.1) is 18.4 Å². The maximum atomic E-state index is 4.60. The molecule has 0 aromatic carbocycles. The van der Waals surface area contributed by atoms with E-state index in [0.29, 0.717) is 0 Å². The zero-order chi connectivity index (χ0) is 11.9. The van der Waals surface area contributed by atoms with Crippen molar-refractivity contribution in [2.75, 3.05) is 0 Å². The molecule has 0 saturated heterocycles. The van der Waals surface area contributed by atoms with Crippen molar-refractivity contribution in [1.29, 1.82) is 0 Å². The summed E-state index contributed by atoms with van der Waals surface area (Å²) in [7, 11) is 2.03. The lowest BCUT2D eigenvalue weighted by Gasteiger charge is -2.05. The second-order valence-corrected chi connectivity index (χ2v) is 4.08. The molecule has 2 aromatic heterocycles. The van der Waals surface area contributed by atoms with E-state index in [1.54, 1.807) is 0 Å². The molecule has 0 aliphatic carbocycles. The fraction of sp³-hybridized carbons (Fsp3) is 0.500. The second-order valence-electron chi connectivity index (χ2n) is 4.08. The molecule has 0 spiro atoms. The Morgan fingerprint density at radius 3 is 2.25 bits per heavy atom. The molecule has 0 atom stereocenters. The van der Waals surface area contributed by atoms with Gasteiger partial charge in [-0.2, -0.15) is 0 Å². The predicted molar refractivity (Wildman–Crippen MR) is 62.1 cm³/mol. The Balaban J connectivity index is 2.91. The highest BCUT2D eigenvalue weighted by molar-refractivity contribution is 5.71. The second kappa shape index (κ2) is 3.77. The summed E-state index contributed by atoms with van der Waals surface area (Å²) in [5.41, 5.74) is 4.82. The molecule has 4 nitrogen and oxygen atoms in total. The van der Waals surface area contributed by atoms with Crippen molar-refractivity contribution in [3.05, 3.63) is 22.9 Å². The molecule has 0 aliphatic heterocycles. The van der Waals surface area contributed by atoms with Crippen LogP contribution in [0.15, 0.2) is 0 Å². The summed E-state index contributed by atoms with van der Waals surface area (Å²) in [5, 5.41) is 0. The van der Waals surface area contributed by atoms with E-state index in [4.69, 9.17) is 0 Å². The van der Waals surface area contributed by atoms with Crippen LogP contribution in [0.4, 0.5) is 0 Å². The van der Waals surface area contributed by atoms with Gasteiger partial charge in [0.1, 0.15) is 5.69 Å². The van der Waals surface area contributed by atoms with Gasteiger partial charge >= 0.3 is 0 Å². The minimum Gasteiger partial charge on any atom is -0.241 e. The molecule has 0 saturated carbocycles. The van der Waals surface area contributed by atoms with Crippen molar-refractivity contribution < 1.29 is 4.57 Å². The highest BCUT2D eigenvalue weighted by Gasteiger charge is 2.18. The van der Waals surface area contributed by atoms with E-state index in [2.05, 4.69) is 26.4 Å². The molecule has 2 heterocycles. The van der Waals surface area contributed by atoms with Crippen LogP contribution in [-0.2, 0) is 13.5 Å². The Hall–Kier alpha value is -1.58. The maximum Gasteiger partial charge on any atom is 0.298 e. The third-order valence-corrected chi connectivity index (χ3v) is 3.05. The first-order chi connectivity index (χ1) is 7.54. The predicted octanol–water partition coefficient (Wildman–Crippen LogP) is 1.34. The number of rotatable bonds is 1. The van der Waals surface area contributed by atoms with Crippen LogP contribution in [0.1, 0.15) is 29.8 Å². The Kier molecular flexibility index (Phi) is 2.58. The van der Waals surface area contributed by atoms with Crippen molar-refractivity contribution in [3.63, 3.8) is 0 Å². The van der Waals surface area contributed by atoms with Crippen molar-refractivity contribution in [1.82, 2.24) is 15.0 Å². The molecule has 0 unspecified atom stereocenters. The molecular weight excluding hydrogens is 200 g/mol. The highest BCUT2D eigenvalue weighted by Crippen LogP contribution is 2.13. The van der Waals surface area contributed by atoms with E-state index in [-0.39, 0.29) is 0 Å². The molecule has 84 valence electrons. The maximum absolute atomic E-state index is 4.60. The van der Waals surface area contributed by atoms with Crippen molar-refractivity contribution in [3.8, 4) is 0 Å². The quantitative estimate of drug-likeness (QED) is 0.677. The van der Waals surface area contributed by atoms with Gasteiger partial charge in [-0.3, -0.25) is 0 Å². The number of fused-ring (bicyclic) bond motifs is 1. The van der Waals surface area contributed by atoms with Crippen LogP contribution in [0.25, 0.3) is 11.2 Å². The van der Waals surface area contributed by atoms with Crippen LogP contribution in [0, 0.1) is 20.8 Å². The normalized spacial score (nSPS) is 11.1.